The number of rotatable bonds is 7. The fourth-order valence-corrected chi connectivity index (χ4v) is 16.2. The van der Waals surface area contributed by atoms with E-state index in [9.17, 15) is 0 Å². The maximum Gasteiger partial charge on any atom is 0.0668 e. The summed E-state index contributed by atoms with van der Waals surface area (Å²) >= 11 is 0. The predicted molar refractivity (Wildman–Crippen MR) is 118 cm³/mol. The van der Waals surface area contributed by atoms with E-state index in [1.165, 1.54) is 0 Å². The molecule has 0 spiro atoms. The van der Waals surface area contributed by atoms with Crippen molar-refractivity contribution in [1.82, 2.24) is 9.34 Å². The monoisotopic (exact) mass is 376 g/mol. The van der Waals surface area contributed by atoms with Crippen molar-refractivity contribution < 1.29 is 0 Å². The lowest BCUT2D eigenvalue weighted by atomic mass is 10.2. The lowest BCUT2D eigenvalue weighted by molar-refractivity contribution is 0.263. The molecule has 146 valence electrons. The van der Waals surface area contributed by atoms with Crippen molar-refractivity contribution in [1.29, 1.82) is 0 Å². The molecule has 2 nitrogen and oxygen atoms in total. The minimum Gasteiger partial charge on any atom is -0.261 e. The van der Waals surface area contributed by atoms with Gasteiger partial charge in [-0.3, -0.25) is 9.34 Å². The summed E-state index contributed by atoms with van der Waals surface area (Å²) in [5.74, 6) is 0. The third-order valence-electron chi connectivity index (χ3n) is 3.98. The Morgan fingerprint density at radius 1 is 0.500 bits per heavy atom. The first-order valence-corrected chi connectivity index (χ1v) is 13.0. The van der Waals surface area contributed by atoms with Crippen molar-refractivity contribution in [2.75, 3.05) is 0 Å². The highest BCUT2D eigenvalue weighted by molar-refractivity contribution is 8.29. The second kappa shape index (κ2) is 9.12. The Balaban J connectivity index is 6.47. The van der Waals surface area contributed by atoms with Crippen LogP contribution in [0.2, 0.25) is 0 Å². The van der Waals surface area contributed by atoms with Gasteiger partial charge in [-0.05, 0) is 73.3 Å². The Bertz CT molecular complexity index is 315. The molecule has 24 heavy (non-hydrogen) atoms. The number of hydrogen-bond donors (Lipinski definition) is 0. The van der Waals surface area contributed by atoms with Crippen LogP contribution in [0, 0.1) is 0 Å². The summed E-state index contributed by atoms with van der Waals surface area (Å²) in [4.78, 5) is 0. The van der Waals surface area contributed by atoms with Crippen LogP contribution in [-0.2, 0) is 0 Å². The van der Waals surface area contributed by atoms with E-state index in [0.29, 0.717) is 34.5 Å². The molecule has 0 heterocycles. The summed E-state index contributed by atoms with van der Waals surface area (Å²) in [5, 5.41) is 0.673. The molecular weight excluding hydrogens is 330 g/mol. The molecular formula is C20H46N2P2. The molecule has 0 aromatic heterocycles. The molecule has 0 saturated heterocycles. The van der Waals surface area contributed by atoms with Crippen molar-refractivity contribution in [3.8, 4) is 0 Å². The van der Waals surface area contributed by atoms with Gasteiger partial charge in [-0.2, -0.15) is 0 Å². The lowest BCUT2D eigenvalue weighted by Gasteiger charge is -2.57. The molecule has 0 aliphatic rings. The summed E-state index contributed by atoms with van der Waals surface area (Å²) in [6, 6.07) is 2.30. The van der Waals surface area contributed by atoms with Gasteiger partial charge in [-0.1, -0.05) is 41.5 Å². The minimum absolute atomic E-state index is 0.198. The van der Waals surface area contributed by atoms with Crippen LogP contribution in [0.5, 0.6) is 0 Å². The molecule has 0 aliphatic carbocycles. The van der Waals surface area contributed by atoms with Crippen molar-refractivity contribution in [3.63, 3.8) is 0 Å². The van der Waals surface area contributed by atoms with Gasteiger partial charge in [-0.25, -0.2) is 0 Å². The largest absolute Gasteiger partial charge is 0.261 e. The SMILES string of the molecule is CC(C)N(C(C)C)P(N(C(C)C)C(C)C)P(C(C)(C)C)C(C)(C)C. The van der Waals surface area contributed by atoms with Crippen LogP contribution in [-0.4, -0.2) is 43.8 Å². The van der Waals surface area contributed by atoms with Gasteiger partial charge in [0.1, 0.15) is 0 Å². The number of hydrogen-bond acceptors (Lipinski definition) is 2. The fourth-order valence-electron chi connectivity index (χ4n) is 3.89. The molecule has 0 aromatic rings. The van der Waals surface area contributed by atoms with Crippen molar-refractivity contribution in [2.45, 2.75) is 131 Å². The zero-order valence-corrected chi connectivity index (χ0v) is 20.9. The molecule has 0 radical (unpaired) electrons. The summed E-state index contributed by atoms with van der Waals surface area (Å²) in [7, 11) is -0.551. The van der Waals surface area contributed by atoms with E-state index in [0.717, 1.165) is 0 Å². The molecule has 0 rings (SSSR count). The van der Waals surface area contributed by atoms with Gasteiger partial charge in [-0.15, -0.1) is 0 Å². The number of nitrogens with zero attached hydrogens (tertiary/aromatic N) is 2. The van der Waals surface area contributed by atoms with Crippen LogP contribution in [0.1, 0.15) is 96.9 Å². The van der Waals surface area contributed by atoms with Crippen molar-refractivity contribution >= 4 is 15.5 Å². The van der Waals surface area contributed by atoms with E-state index in [1.807, 2.05) is 0 Å². The highest BCUT2D eigenvalue weighted by atomic mass is 32.1. The van der Waals surface area contributed by atoms with E-state index in [4.69, 9.17) is 0 Å². The molecule has 0 amide bonds. The Kier molecular flexibility index (Phi) is 9.42. The first kappa shape index (κ1) is 24.8. The first-order chi connectivity index (χ1) is 10.5. The highest BCUT2D eigenvalue weighted by Crippen LogP contribution is 2.84. The standard InChI is InChI=1S/C20H46N2P2/c1-15(2)21(16(3)4)24(22(17(5)6)18(7)8)23(19(9,10)11)20(12,13)14/h15-18H,1-14H3. The molecule has 0 fully saturated rings. The van der Waals surface area contributed by atoms with Crippen LogP contribution in [0.3, 0.4) is 0 Å². The summed E-state index contributed by atoms with van der Waals surface area (Å²) in [6.07, 6.45) is 0. The second-order valence-electron chi connectivity index (χ2n) is 10.1. The zero-order valence-electron chi connectivity index (χ0n) is 19.1. The maximum absolute atomic E-state index is 2.84. The van der Waals surface area contributed by atoms with Gasteiger partial charge in [0, 0.05) is 24.2 Å². The average molecular weight is 377 g/mol. The molecule has 0 aromatic carbocycles. The summed E-state index contributed by atoms with van der Waals surface area (Å²) in [6.45, 7) is 33.9. The predicted octanol–water partition coefficient (Wildman–Crippen LogP) is 7.53. The fraction of sp³-hybridized carbons (Fsp3) is 1.00. The topological polar surface area (TPSA) is 6.48 Å². The molecule has 0 unspecified atom stereocenters. The molecule has 0 atom stereocenters. The molecule has 4 heteroatoms. The van der Waals surface area contributed by atoms with Gasteiger partial charge in [0.2, 0.25) is 0 Å². The third kappa shape index (κ3) is 6.50. The van der Waals surface area contributed by atoms with E-state index in [2.05, 4.69) is 106 Å². The third-order valence-corrected chi connectivity index (χ3v) is 15.5. The Labute approximate surface area is 156 Å². The average Bonchev–Trinajstić information content (AvgIpc) is 2.21. The maximum atomic E-state index is 2.84. The van der Waals surface area contributed by atoms with E-state index < -0.39 is 0 Å². The molecule has 0 N–H and O–H groups in total. The van der Waals surface area contributed by atoms with E-state index in [1.54, 1.807) is 0 Å². The van der Waals surface area contributed by atoms with Gasteiger partial charge in [0.25, 0.3) is 0 Å². The Hall–Kier alpha value is 0.780. The van der Waals surface area contributed by atoms with E-state index >= 15 is 0 Å². The summed E-state index contributed by atoms with van der Waals surface area (Å²) < 4.78 is 5.69. The zero-order chi connectivity index (χ0) is 19.6. The van der Waals surface area contributed by atoms with Crippen molar-refractivity contribution in [2.24, 2.45) is 0 Å². The van der Waals surface area contributed by atoms with Gasteiger partial charge in [0.05, 0.1) is 7.91 Å². The Morgan fingerprint density at radius 2 is 0.708 bits per heavy atom. The minimum atomic E-state index is -0.353. The highest BCUT2D eigenvalue weighted by Gasteiger charge is 2.47. The smallest absolute Gasteiger partial charge is 0.0668 e. The van der Waals surface area contributed by atoms with Gasteiger partial charge < -0.3 is 0 Å². The van der Waals surface area contributed by atoms with Gasteiger partial charge in [0.15, 0.2) is 0 Å². The van der Waals surface area contributed by atoms with Crippen LogP contribution < -0.4 is 0 Å². The molecule has 0 bridgehead atoms. The van der Waals surface area contributed by atoms with Crippen LogP contribution >= 0.6 is 15.5 Å². The molecule has 0 aliphatic heterocycles. The quantitative estimate of drug-likeness (QED) is 0.424. The van der Waals surface area contributed by atoms with Crippen LogP contribution in [0.15, 0.2) is 0 Å². The van der Waals surface area contributed by atoms with Crippen LogP contribution in [0.25, 0.3) is 0 Å². The normalized spacial score (nSPS) is 14.8. The van der Waals surface area contributed by atoms with Gasteiger partial charge >= 0.3 is 0 Å². The summed E-state index contributed by atoms with van der Waals surface area (Å²) in [5.41, 5.74) is 0. The molecule has 0 saturated carbocycles. The lowest BCUT2D eigenvalue weighted by Crippen LogP contribution is -2.44. The first-order valence-electron chi connectivity index (χ1n) is 9.70. The van der Waals surface area contributed by atoms with E-state index in [-0.39, 0.29) is 15.5 Å². The Morgan fingerprint density at radius 3 is 0.833 bits per heavy atom. The van der Waals surface area contributed by atoms with Crippen LogP contribution in [0.4, 0.5) is 0 Å². The van der Waals surface area contributed by atoms with Crippen molar-refractivity contribution in [3.05, 3.63) is 0 Å². The second-order valence-corrected chi connectivity index (χ2v) is 17.1.